The molecule has 0 aliphatic heterocycles. The molecule has 9 heteroatoms. The number of halogens is 4. The first kappa shape index (κ1) is 25.8. The molecule has 0 heterocycles. The monoisotopic (exact) mass is 487 g/mol. The van der Waals surface area contributed by atoms with E-state index in [2.05, 4.69) is 10.6 Å². The predicted octanol–water partition coefficient (Wildman–Crippen LogP) is 7.00. The lowest BCUT2D eigenvalue weighted by atomic mass is 9.84. The van der Waals surface area contributed by atoms with E-state index in [0.717, 1.165) is 30.2 Å². The third-order valence-electron chi connectivity index (χ3n) is 5.62. The summed E-state index contributed by atoms with van der Waals surface area (Å²) >= 11 is 0. The molecule has 1 unspecified atom stereocenters. The number of alkyl halides is 3. The maximum atomic E-state index is 15.1. The van der Waals surface area contributed by atoms with Gasteiger partial charge in [-0.05, 0) is 62.6 Å². The molecule has 0 saturated carbocycles. The highest BCUT2D eigenvalue weighted by Crippen LogP contribution is 2.39. The van der Waals surface area contributed by atoms with Crippen LogP contribution < -0.4 is 10.6 Å². The van der Waals surface area contributed by atoms with Crippen molar-refractivity contribution < 1.29 is 27.1 Å². The molecule has 2 aromatic rings. The molecule has 0 radical (unpaired) electrons. The quantitative estimate of drug-likeness (QED) is 0.431. The molecule has 0 bridgehead atoms. The third-order valence-corrected chi connectivity index (χ3v) is 5.62. The molecule has 0 fully saturated rings. The Morgan fingerprint density at radius 1 is 1.23 bits per heavy atom. The van der Waals surface area contributed by atoms with E-state index >= 15 is 4.39 Å². The zero-order chi connectivity index (χ0) is 25.6. The molecule has 2 N–H and O–H groups in total. The van der Waals surface area contributed by atoms with Gasteiger partial charge >= 0.3 is 12.2 Å². The molecule has 0 spiro atoms. The molecule has 3 rings (SSSR count). The van der Waals surface area contributed by atoms with Crippen molar-refractivity contribution in [3.05, 3.63) is 88.0 Å². The highest BCUT2D eigenvalue weighted by atomic mass is 19.4. The van der Waals surface area contributed by atoms with E-state index < -0.39 is 29.6 Å². The summed E-state index contributed by atoms with van der Waals surface area (Å²) in [5.74, 6) is -0.0854. The first-order chi connectivity index (χ1) is 16.7. The minimum atomic E-state index is -4.57. The van der Waals surface area contributed by atoms with Gasteiger partial charge in [0.1, 0.15) is 11.6 Å². The van der Waals surface area contributed by atoms with Gasteiger partial charge in [0.2, 0.25) is 0 Å². The number of benzene rings is 2. The standard InChI is InChI=1S/C26H25F4N3O2/c1-3-17-7-5-10-22(35-4-2)23(17)24(20-12-11-16(15-31)13-21(20)27)33-25(34)32-19-9-6-8-18(14-19)26(28,29)30/h3,6,8-9,11-14,24H,4-5,7,10H2,1-2H3,(H2,32,33,34). The number of nitrogens with one attached hydrogen (secondary N) is 2. The van der Waals surface area contributed by atoms with Gasteiger partial charge in [0.15, 0.2) is 0 Å². The second-order valence-corrected chi connectivity index (χ2v) is 7.90. The Bertz CT molecular complexity index is 1200. The van der Waals surface area contributed by atoms with Crippen LogP contribution in [0.2, 0.25) is 0 Å². The van der Waals surface area contributed by atoms with Crippen molar-refractivity contribution in [3.63, 3.8) is 0 Å². The van der Waals surface area contributed by atoms with Crippen molar-refractivity contribution in [2.24, 2.45) is 0 Å². The van der Waals surface area contributed by atoms with Crippen LogP contribution in [0.1, 0.15) is 55.8 Å². The van der Waals surface area contributed by atoms with Gasteiger partial charge in [0.05, 0.1) is 29.8 Å². The number of nitriles is 1. The number of amides is 2. The van der Waals surface area contributed by atoms with E-state index in [9.17, 15) is 18.0 Å². The largest absolute Gasteiger partial charge is 0.498 e. The minimum Gasteiger partial charge on any atom is -0.498 e. The van der Waals surface area contributed by atoms with Crippen molar-refractivity contribution in [2.75, 3.05) is 11.9 Å². The first-order valence-electron chi connectivity index (χ1n) is 11.1. The Hall–Kier alpha value is -3.80. The highest BCUT2D eigenvalue weighted by molar-refractivity contribution is 5.90. The molecule has 1 aliphatic carbocycles. The van der Waals surface area contributed by atoms with Gasteiger partial charge in [-0.15, -0.1) is 0 Å². The van der Waals surface area contributed by atoms with Gasteiger partial charge in [0, 0.05) is 23.2 Å². The number of allylic oxidation sites excluding steroid dienone is 2. The minimum absolute atomic E-state index is 0.0645. The molecule has 184 valence electrons. The number of anilines is 1. The number of nitrogens with zero attached hydrogens (tertiary/aromatic N) is 1. The molecule has 2 aromatic carbocycles. The molecule has 0 aromatic heterocycles. The lowest BCUT2D eigenvalue weighted by Gasteiger charge is -2.30. The van der Waals surface area contributed by atoms with Crippen LogP contribution in [0.25, 0.3) is 0 Å². The Morgan fingerprint density at radius 3 is 2.63 bits per heavy atom. The number of urea groups is 1. The van der Waals surface area contributed by atoms with Crippen molar-refractivity contribution in [3.8, 4) is 6.07 Å². The van der Waals surface area contributed by atoms with Crippen LogP contribution in [0, 0.1) is 17.1 Å². The predicted molar refractivity (Wildman–Crippen MR) is 124 cm³/mol. The van der Waals surface area contributed by atoms with E-state index in [-0.39, 0.29) is 16.8 Å². The summed E-state index contributed by atoms with van der Waals surface area (Å²) in [6.07, 6.45) is -0.603. The summed E-state index contributed by atoms with van der Waals surface area (Å²) in [5.41, 5.74) is 0.723. The summed E-state index contributed by atoms with van der Waals surface area (Å²) in [4.78, 5) is 12.9. The zero-order valence-corrected chi connectivity index (χ0v) is 19.3. The Morgan fingerprint density at radius 2 is 2.00 bits per heavy atom. The van der Waals surface area contributed by atoms with Crippen molar-refractivity contribution in [1.29, 1.82) is 5.26 Å². The fraction of sp³-hybridized carbons (Fsp3) is 0.308. The molecule has 35 heavy (non-hydrogen) atoms. The second-order valence-electron chi connectivity index (χ2n) is 7.90. The van der Waals surface area contributed by atoms with Gasteiger partial charge in [-0.1, -0.05) is 18.2 Å². The fourth-order valence-electron chi connectivity index (χ4n) is 4.07. The molecule has 5 nitrogen and oxygen atoms in total. The van der Waals surface area contributed by atoms with Crippen LogP contribution in [0.5, 0.6) is 0 Å². The maximum absolute atomic E-state index is 15.1. The molecular formula is C26H25F4N3O2. The Labute approximate surface area is 201 Å². The van der Waals surface area contributed by atoms with Crippen LogP contribution in [-0.4, -0.2) is 12.6 Å². The SMILES string of the molecule is CC=C1CCCC(OCC)=C1C(NC(=O)Nc1cccc(C(F)(F)F)c1)c1ccc(C#N)cc1F. The van der Waals surface area contributed by atoms with Crippen LogP contribution in [0.15, 0.2) is 65.4 Å². The van der Waals surface area contributed by atoms with E-state index in [4.69, 9.17) is 10.00 Å². The number of rotatable bonds is 6. The van der Waals surface area contributed by atoms with Gasteiger partial charge in [-0.25, -0.2) is 9.18 Å². The average Bonchev–Trinajstić information content (AvgIpc) is 2.82. The maximum Gasteiger partial charge on any atom is 0.416 e. The highest BCUT2D eigenvalue weighted by Gasteiger charge is 2.32. The number of hydrogen-bond donors (Lipinski definition) is 2. The van der Waals surface area contributed by atoms with Crippen LogP contribution in [0.4, 0.5) is 28.0 Å². The summed E-state index contributed by atoms with van der Waals surface area (Å²) in [5, 5.41) is 14.2. The van der Waals surface area contributed by atoms with Crippen LogP contribution >= 0.6 is 0 Å². The van der Waals surface area contributed by atoms with Gasteiger partial charge in [-0.2, -0.15) is 18.4 Å². The van der Waals surface area contributed by atoms with E-state index in [1.807, 2.05) is 26.0 Å². The summed E-state index contributed by atoms with van der Waals surface area (Å²) in [6.45, 7) is 4.02. The van der Waals surface area contributed by atoms with Gasteiger partial charge < -0.3 is 15.4 Å². The smallest absolute Gasteiger partial charge is 0.416 e. The zero-order valence-electron chi connectivity index (χ0n) is 19.3. The Balaban J connectivity index is 2.02. The van der Waals surface area contributed by atoms with Crippen LogP contribution in [0.3, 0.4) is 0 Å². The molecule has 0 saturated heterocycles. The molecular weight excluding hydrogens is 462 g/mol. The van der Waals surface area contributed by atoms with Crippen molar-refractivity contribution in [2.45, 2.75) is 45.3 Å². The number of hydrogen-bond acceptors (Lipinski definition) is 3. The van der Waals surface area contributed by atoms with Crippen molar-refractivity contribution in [1.82, 2.24) is 5.32 Å². The van der Waals surface area contributed by atoms with Gasteiger partial charge in [0.25, 0.3) is 0 Å². The molecule has 1 atom stereocenters. The lowest BCUT2D eigenvalue weighted by Crippen LogP contribution is -2.35. The lowest BCUT2D eigenvalue weighted by molar-refractivity contribution is -0.137. The topological polar surface area (TPSA) is 74.2 Å². The van der Waals surface area contributed by atoms with Crippen molar-refractivity contribution >= 4 is 11.7 Å². The summed E-state index contributed by atoms with van der Waals surface area (Å²) < 4.78 is 60.1. The average molecular weight is 487 g/mol. The van der Waals surface area contributed by atoms with E-state index in [0.29, 0.717) is 30.8 Å². The van der Waals surface area contributed by atoms with Crippen LogP contribution in [-0.2, 0) is 10.9 Å². The normalized spacial score (nSPS) is 16.0. The van der Waals surface area contributed by atoms with E-state index in [1.165, 1.54) is 24.3 Å². The fourth-order valence-corrected chi connectivity index (χ4v) is 4.07. The number of ether oxygens (including phenoxy) is 1. The second kappa shape index (κ2) is 11.1. The Kier molecular flexibility index (Phi) is 8.18. The third kappa shape index (κ3) is 6.21. The van der Waals surface area contributed by atoms with Gasteiger partial charge in [-0.3, -0.25) is 0 Å². The number of carbonyl (C=O) groups excluding carboxylic acids is 1. The summed E-state index contributed by atoms with van der Waals surface area (Å²) in [6, 6.07) is 8.23. The molecule has 2 amide bonds. The van der Waals surface area contributed by atoms with E-state index in [1.54, 1.807) is 0 Å². The number of carbonyl (C=O) groups is 1. The first-order valence-corrected chi connectivity index (χ1v) is 11.1. The summed E-state index contributed by atoms with van der Waals surface area (Å²) in [7, 11) is 0. The molecule has 1 aliphatic rings.